The summed E-state index contributed by atoms with van der Waals surface area (Å²) in [6, 6.07) is 8.12. The first kappa shape index (κ1) is 19.5. The van der Waals surface area contributed by atoms with Gasteiger partial charge in [0.2, 0.25) is 0 Å². The Balaban J connectivity index is 1.72. The lowest BCUT2D eigenvalue weighted by Crippen LogP contribution is -2.35. The molecule has 1 aromatic heterocycles. The Morgan fingerprint density at radius 2 is 2.04 bits per heavy atom. The molecule has 1 aliphatic rings. The van der Waals surface area contributed by atoms with Gasteiger partial charge in [0.05, 0.1) is 20.3 Å². The number of methoxy groups -OCH3 is 2. The Morgan fingerprint density at radius 1 is 1.21 bits per heavy atom. The fourth-order valence-electron chi connectivity index (χ4n) is 3.36. The van der Waals surface area contributed by atoms with E-state index in [0.717, 1.165) is 18.4 Å². The Hall–Kier alpha value is -3.29. The standard InChI is InChI=1S/C20H22N2O6/c1-26-13-7-8-17(27-2)15(11-13)16-6-4-10-22(16)18(23)12-28-20(25)14-5-3-9-21-19(14)24/h3,5,7-9,11,16H,4,6,10,12H2,1-2H3,(H,21,24)/t16-/m0/s1. The second kappa shape index (κ2) is 8.60. The number of carbonyl (C=O) groups is 2. The van der Waals surface area contributed by atoms with Gasteiger partial charge in [0.15, 0.2) is 6.61 Å². The van der Waals surface area contributed by atoms with E-state index in [9.17, 15) is 14.4 Å². The lowest BCUT2D eigenvalue weighted by molar-refractivity contribution is -0.135. The highest BCUT2D eigenvalue weighted by Gasteiger charge is 2.32. The molecule has 0 saturated carbocycles. The number of carbonyl (C=O) groups excluding carboxylic acids is 2. The molecule has 3 rings (SSSR count). The molecule has 0 spiro atoms. The van der Waals surface area contributed by atoms with Gasteiger partial charge in [-0.15, -0.1) is 0 Å². The zero-order chi connectivity index (χ0) is 20.1. The number of ether oxygens (including phenoxy) is 3. The monoisotopic (exact) mass is 386 g/mol. The fourth-order valence-corrected chi connectivity index (χ4v) is 3.36. The first-order valence-electron chi connectivity index (χ1n) is 8.91. The molecule has 2 heterocycles. The van der Waals surface area contributed by atoms with Crippen molar-refractivity contribution < 1.29 is 23.8 Å². The molecule has 148 valence electrons. The number of likely N-dealkylation sites (tertiary alicyclic amines) is 1. The largest absolute Gasteiger partial charge is 0.497 e. The number of benzene rings is 1. The van der Waals surface area contributed by atoms with E-state index in [0.29, 0.717) is 18.0 Å². The number of nitrogens with one attached hydrogen (secondary N) is 1. The van der Waals surface area contributed by atoms with Gasteiger partial charge >= 0.3 is 5.97 Å². The number of hydrogen-bond acceptors (Lipinski definition) is 6. The molecule has 1 N–H and O–H groups in total. The van der Waals surface area contributed by atoms with Crippen molar-refractivity contribution in [3.8, 4) is 11.5 Å². The van der Waals surface area contributed by atoms with Gasteiger partial charge in [0.1, 0.15) is 17.1 Å². The number of hydrogen-bond donors (Lipinski definition) is 1. The third kappa shape index (κ3) is 4.00. The van der Waals surface area contributed by atoms with Crippen LogP contribution in [-0.2, 0) is 9.53 Å². The third-order valence-corrected chi connectivity index (χ3v) is 4.73. The first-order valence-corrected chi connectivity index (χ1v) is 8.91. The molecule has 0 aliphatic carbocycles. The minimum atomic E-state index is -0.829. The fraction of sp³-hybridized carbons (Fsp3) is 0.350. The van der Waals surface area contributed by atoms with Gasteiger partial charge in [0.25, 0.3) is 11.5 Å². The molecular formula is C20H22N2O6. The smallest absolute Gasteiger partial charge is 0.344 e. The summed E-state index contributed by atoms with van der Waals surface area (Å²) in [7, 11) is 3.15. The maximum absolute atomic E-state index is 12.7. The molecule has 1 atom stereocenters. The van der Waals surface area contributed by atoms with Crippen molar-refractivity contribution in [3.63, 3.8) is 0 Å². The molecule has 8 heteroatoms. The molecular weight excluding hydrogens is 364 g/mol. The van der Waals surface area contributed by atoms with Gasteiger partial charge in [-0.05, 0) is 43.2 Å². The van der Waals surface area contributed by atoms with Gasteiger partial charge in [0, 0.05) is 18.3 Å². The lowest BCUT2D eigenvalue weighted by Gasteiger charge is -2.26. The second-order valence-electron chi connectivity index (χ2n) is 6.34. The quantitative estimate of drug-likeness (QED) is 0.762. The average Bonchev–Trinajstić information content (AvgIpc) is 3.21. The summed E-state index contributed by atoms with van der Waals surface area (Å²) in [6.45, 7) is 0.114. The first-order chi connectivity index (χ1) is 13.5. The molecule has 0 unspecified atom stereocenters. The summed E-state index contributed by atoms with van der Waals surface area (Å²) < 4.78 is 15.8. The Labute approximate surface area is 162 Å². The number of aromatic nitrogens is 1. The number of H-pyrrole nitrogens is 1. The van der Waals surface area contributed by atoms with E-state index in [1.165, 1.54) is 18.3 Å². The molecule has 28 heavy (non-hydrogen) atoms. The molecule has 0 bridgehead atoms. The topological polar surface area (TPSA) is 97.9 Å². The SMILES string of the molecule is COc1ccc(OC)c([C@@H]2CCCN2C(=O)COC(=O)c2ccc[nH]c2=O)c1. The van der Waals surface area contributed by atoms with E-state index in [2.05, 4.69) is 4.98 Å². The van der Waals surface area contributed by atoms with Crippen LogP contribution in [-0.4, -0.2) is 49.1 Å². The zero-order valence-corrected chi connectivity index (χ0v) is 15.8. The Morgan fingerprint density at radius 3 is 2.75 bits per heavy atom. The van der Waals surface area contributed by atoms with Crippen LogP contribution in [0, 0.1) is 0 Å². The Kier molecular flexibility index (Phi) is 5.98. The number of esters is 1. The van der Waals surface area contributed by atoms with Crippen molar-refractivity contribution in [1.82, 2.24) is 9.88 Å². The average molecular weight is 386 g/mol. The molecule has 1 amide bonds. The minimum Gasteiger partial charge on any atom is -0.497 e. The zero-order valence-electron chi connectivity index (χ0n) is 15.8. The van der Waals surface area contributed by atoms with Gasteiger partial charge < -0.3 is 24.1 Å². The number of nitrogens with zero attached hydrogens (tertiary/aromatic N) is 1. The number of pyridine rings is 1. The van der Waals surface area contributed by atoms with Crippen molar-refractivity contribution in [2.45, 2.75) is 18.9 Å². The van der Waals surface area contributed by atoms with Crippen molar-refractivity contribution in [1.29, 1.82) is 0 Å². The van der Waals surface area contributed by atoms with Crippen LogP contribution >= 0.6 is 0 Å². The molecule has 0 radical (unpaired) electrons. The van der Waals surface area contributed by atoms with Crippen LogP contribution in [0.3, 0.4) is 0 Å². The van der Waals surface area contributed by atoms with Crippen molar-refractivity contribution >= 4 is 11.9 Å². The van der Waals surface area contributed by atoms with Crippen LogP contribution in [0.5, 0.6) is 11.5 Å². The molecule has 2 aromatic rings. The summed E-state index contributed by atoms with van der Waals surface area (Å²) in [5.41, 5.74) is 0.154. The number of amides is 1. The van der Waals surface area contributed by atoms with Crippen LogP contribution in [0.15, 0.2) is 41.3 Å². The summed E-state index contributed by atoms with van der Waals surface area (Å²) in [5.74, 6) is 0.182. The molecule has 1 aromatic carbocycles. The van der Waals surface area contributed by atoms with E-state index in [1.54, 1.807) is 31.3 Å². The highest BCUT2D eigenvalue weighted by Crippen LogP contribution is 2.38. The van der Waals surface area contributed by atoms with Crippen molar-refractivity contribution in [3.05, 3.63) is 58.0 Å². The van der Waals surface area contributed by atoms with E-state index in [-0.39, 0.29) is 17.5 Å². The normalized spacial score (nSPS) is 15.9. The van der Waals surface area contributed by atoms with Gasteiger partial charge in [-0.25, -0.2) is 4.79 Å². The number of rotatable bonds is 6. The van der Waals surface area contributed by atoms with Gasteiger partial charge in [-0.1, -0.05) is 0 Å². The second-order valence-corrected chi connectivity index (χ2v) is 6.34. The van der Waals surface area contributed by atoms with Gasteiger partial charge in [-0.2, -0.15) is 0 Å². The minimum absolute atomic E-state index is 0.136. The van der Waals surface area contributed by atoms with E-state index in [4.69, 9.17) is 14.2 Å². The van der Waals surface area contributed by atoms with Crippen molar-refractivity contribution in [2.75, 3.05) is 27.4 Å². The molecule has 1 aliphatic heterocycles. The lowest BCUT2D eigenvalue weighted by atomic mass is 10.0. The van der Waals surface area contributed by atoms with E-state index >= 15 is 0 Å². The molecule has 1 saturated heterocycles. The van der Waals surface area contributed by atoms with E-state index < -0.39 is 18.1 Å². The highest BCUT2D eigenvalue weighted by molar-refractivity contribution is 5.91. The third-order valence-electron chi connectivity index (χ3n) is 4.73. The van der Waals surface area contributed by atoms with E-state index in [1.807, 2.05) is 6.07 Å². The van der Waals surface area contributed by atoms with Crippen molar-refractivity contribution in [2.24, 2.45) is 0 Å². The summed E-state index contributed by atoms with van der Waals surface area (Å²) in [6.07, 6.45) is 3.01. The molecule has 1 fully saturated rings. The van der Waals surface area contributed by atoms with Crippen LogP contribution in [0.25, 0.3) is 0 Å². The highest BCUT2D eigenvalue weighted by atomic mass is 16.5. The summed E-state index contributed by atoms with van der Waals surface area (Å²) >= 11 is 0. The maximum atomic E-state index is 12.7. The van der Waals surface area contributed by atoms with Crippen LogP contribution in [0.1, 0.15) is 34.8 Å². The summed E-state index contributed by atoms with van der Waals surface area (Å²) in [4.78, 5) is 40.5. The Bertz CT molecular complexity index is 923. The molecule has 8 nitrogen and oxygen atoms in total. The predicted octanol–water partition coefficient (Wildman–Crippen LogP) is 1.91. The van der Waals surface area contributed by atoms with Gasteiger partial charge in [-0.3, -0.25) is 9.59 Å². The predicted molar refractivity (Wildman–Crippen MR) is 101 cm³/mol. The maximum Gasteiger partial charge on any atom is 0.344 e. The summed E-state index contributed by atoms with van der Waals surface area (Å²) in [5, 5.41) is 0. The number of aromatic amines is 1. The van der Waals surface area contributed by atoms with Crippen LogP contribution in [0.2, 0.25) is 0 Å². The van der Waals surface area contributed by atoms with Crippen LogP contribution in [0.4, 0.5) is 0 Å². The van der Waals surface area contributed by atoms with Crippen LogP contribution < -0.4 is 15.0 Å².